The molecule has 1 saturated heterocycles. The van der Waals surface area contributed by atoms with Gasteiger partial charge < -0.3 is 14.6 Å². The molecule has 1 aliphatic heterocycles. The molecule has 6 nitrogen and oxygen atoms in total. The topological polar surface area (TPSA) is 87.1 Å². The van der Waals surface area contributed by atoms with Gasteiger partial charge in [-0.05, 0) is 21.8 Å². The first-order valence-corrected chi connectivity index (χ1v) is 11.6. The quantitative estimate of drug-likeness (QED) is 0.736. The third-order valence-corrected chi connectivity index (χ3v) is 10.6. The first-order valence-electron chi connectivity index (χ1n) is 9.69. The summed E-state index contributed by atoms with van der Waals surface area (Å²) in [5.41, 5.74) is 0. The van der Waals surface area contributed by atoms with Crippen molar-refractivity contribution in [3.63, 3.8) is 0 Å². The lowest BCUT2D eigenvalue weighted by Gasteiger charge is -2.45. The second kappa shape index (κ2) is 8.00. The zero-order valence-electron chi connectivity index (χ0n) is 16.9. The summed E-state index contributed by atoms with van der Waals surface area (Å²) in [7, 11) is -2.95. The largest absolute Gasteiger partial charge is 0.480 e. The number of carboxylic acids is 1. The third-order valence-electron chi connectivity index (χ3n) is 5.59. The van der Waals surface area contributed by atoms with Crippen LogP contribution in [0.2, 0.25) is 5.04 Å². The molecular formula is C22H27NO5Si. The molecule has 1 amide bonds. The number of hydrogen-bond donors (Lipinski definition) is 2. The number of benzene rings is 2. The van der Waals surface area contributed by atoms with Crippen molar-refractivity contribution < 1.29 is 24.2 Å². The Labute approximate surface area is 171 Å². The minimum atomic E-state index is -2.95. The van der Waals surface area contributed by atoms with Gasteiger partial charge in [0.25, 0.3) is 8.32 Å². The van der Waals surface area contributed by atoms with E-state index in [1.165, 1.54) is 0 Å². The Balaban J connectivity index is 2.16. The van der Waals surface area contributed by atoms with Gasteiger partial charge in [0.1, 0.15) is 0 Å². The number of aliphatic carboxylic acids is 1. The van der Waals surface area contributed by atoms with Crippen molar-refractivity contribution in [2.75, 3.05) is 6.54 Å². The van der Waals surface area contributed by atoms with Gasteiger partial charge in [-0.1, -0.05) is 81.4 Å². The predicted octanol–water partition coefficient (Wildman–Crippen LogP) is 2.77. The highest BCUT2D eigenvalue weighted by Crippen LogP contribution is 2.39. The zero-order chi connectivity index (χ0) is 21.2. The first-order chi connectivity index (χ1) is 13.7. The van der Waals surface area contributed by atoms with E-state index in [2.05, 4.69) is 20.8 Å². The van der Waals surface area contributed by atoms with Gasteiger partial charge in [0, 0.05) is 6.54 Å². The molecule has 2 atom stereocenters. The molecule has 2 aromatic rings. The summed E-state index contributed by atoms with van der Waals surface area (Å²) >= 11 is 0. The molecular weight excluding hydrogens is 386 g/mol. The van der Waals surface area contributed by atoms with E-state index < -0.39 is 32.5 Å². The minimum absolute atomic E-state index is 0.148. The maximum Gasteiger partial charge on any atom is 0.408 e. The summed E-state index contributed by atoms with van der Waals surface area (Å²) in [6.07, 6.45) is -1.59. The maximum absolute atomic E-state index is 12.0. The van der Waals surface area contributed by atoms with Crippen molar-refractivity contribution in [1.29, 1.82) is 0 Å². The molecule has 1 aliphatic rings. The fourth-order valence-electron chi connectivity index (χ4n) is 4.31. The molecule has 1 heterocycles. The van der Waals surface area contributed by atoms with Crippen molar-refractivity contribution in [2.45, 2.75) is 44.4 Å². The van der Waals surface area contributed by atoms with Gasteiger partial charge >= 0.3 is 12.1 Å². The predicted molar refractivity (Wildman–Crippen MR) is 113 cm³/mol. The molecule has 0 saturated carbocycles. The summed E-state index contributed by atoms with van der Waals surface area (Å²) in [6, 6.07) is 18.6. The number of carboxylic acid groups (broad SMARTS) is 2. The Hall–Kier alpha value is -2.64. The third kappa shape index (κ3) is 3.80. The van der Waals surface area contributed by atoms with E-state index in [0.29, 0.717) is 6.42 Å². The average Bonchev–Trinajstić information content (AvgIpc) is 3.10. The molecule has 0 aliphatic carbocycles. The lowest BCUT2D eigenvalue weighted by atomic mass is 10.2. The molecule has 154 valence electrons. The summed E-state index contributed by atoms with van der Waals surface area (Å²) in [6.45, 7) is 6.48. The summed E-state index contributed by atoms with van der Waals surface area (Å²) < 4.78 is 6.84. The van der Waals surface area contributed by atoms with E-state index in [1.807, 2.05) is 60.7 Å². The van der Waals surface area contributed by atoms with Gasteiger partial charge in [-0.3, -0.25) is 4.90 Å². The fourth-order valence-corrected chi connectivity index (χ4v) is 9.03. The first kappa shape index (κ1) is 21.1. The van der Waals surface area contributed by atoms with Crippen LogP contribution in [0.25, 0.3) is 0 Å². The SMILES string of the molecule is CC(C)(C)[Si](O[C@H]1CCN(C(=O)O)[C@H]1C(=O)O)(c1ccccc1)c1ccccc1. The van der Waals surface area contributed by atoms with Crippen LogP contribution in [0.4, 0.5) is 4.79 Å². The number of nitrogens with zero attached hydrogens (tertiary/aromatic N) is 1. The molecule has 1 fully saturated rings. The van der Waals surface area contributed by atoms with Crippen LogP contribution >= 0.6 is 0 Å². The highest BCUT2D eigenvalue weighted by Gasteiger charge is 2.55. The Kier molecular flexibility index (Phi) is 5.82. The second-order valence-corrected chi connectivity index (χ2v) is 12.6. The van der Waals surface area contributed by atoms with E-state index in [-0.39, 0.29) is 11.6 Å². The summed E-state index contributed by atoms with van der Waals surface area (Å²) in [4.78, 5) is 24.5. The van der Waals surface area contributed by atoms with Crippen molar-refractivity contribution in [1.82, 2.24) is 4.90 Å². The van der Waals surface area contributed by atoms with Crippen LogP contribution in [0.3, 0.4) is 0 Å². The number of amides is 1. The number of hydrogen-bond acceptors (Lipinski definition) is 3. The van der Waals surface area contributed by atoms with E-state index in [4.69, 9.17) is 4.43 Å². The van der Waals surface area contributed by atoms with Gasteiger partial charge in [0.05, 0.1) is 6.10 Å². The summed E-state index contributed by atoms with van der Waals surface area (Å²) in [5.74, 6) is -1.17. The van der Waals surface area contributed by atoms with Crippen LogP contribution in [0.15, 0.2) is 60.7 Å². The number of carbonyl (C=O) groups is 2. The van der Waals surface area contributed by atoms with E-state index in [9.17, 15) is 19.8 Å². The number of likely N-dealkylation sites (tertiary alicyclic amines) is 1. The van der Waals surface area contributed by atoms with Crippen LogP contribution in [-0.2, 0) is 9.22 Å². The van der Waals surface area contributed by atoms with E-state index in [1.54, 1.807) is 0 Å². The van der Waals surface area contributed by atoms with Gasteiger partial charge in [-0.2, -0.15) is 0 Å². The molecule has 0 unspecified atom stereocenters. The number of rotatable bonds is 5. The van der Waals surface area contributed by atoms with Gasteiger partial charge in [0.15, 0.2) is 6.04 Å². The molecule has 0 aromatic heterocycles. The normalized spacial score (nSPS) is 19.9. The van der Waals surface area contributed by atoms with E-state index >= 15 is 0 Å². The summed E-state index contributed by atoms with van der Waals surface area (Å²) in [5, 5.41) is 21.0. The Bertz CT molecular complexity index is 826. The molecule has 0 bridgehead atoms. The monoisotopic (exact) mass is 413 g/mol. The smallest absolute Gasteiger partial charge is 0.408 e. The van der Waals surface area contributed by atoms with Gasteiger partial charge in [-0.15, -0.1) is 0 Å². The van der Waals surface area contributed by atoms with Crippen molar-refractivity contribution in [3.05, 3.63) is 60.7 Å². The van der Waals surface area contributed by atoms with Crippen LogP contribution in [0.5, 0.6) is 0 Å². The lowest BCUT2D eigenvalue weighted by molar-refractivity contribution is -0.144. The van der Waals surface area contributed by atoms with Crippen LogP contribution in [-0.4, -0.2) is 54.2 Å². The molecule has 2 aromatic carbocycles. The molecule has 7 heteroatoms. The molecule has 3 rings (SSSR count). The minimum Gasteiger partial charge on any atom is -0.480 e. The standard InChI is InChI=1S/C22H27NO5Si/c1-22(2,3)29(16-10-6-4-7-11-16,17-12-8-5-9-13-17)28-18-14-15-23(21(26)27)19(18)20(24)25/h4-13,18-19H,14-15H2,1-3H3,(H,24,25)(H,26,27)/t18-,19+/m0/s1. The highest BCUT2D eigenvalue weighted by atomic mass is 28.4. The maximum atomic E-state index is 12.0. The van der Waals surface area contributed by atoms with E-state index in [0.717, 1.165) is 15.3 Å². The Morgan fingerprint density at radius 1 is 0.966 bits per heavy atom. The molecule has 2 N–H and O–H groups in total. The molecule has 0 radical (unpaired) electrons. The van der Waals surface area contributed by atoms with Crippen LogP contribution < -0.4 is 10.4 Å². The van der Waals surface area contributed by atoms with Gasteiger partial charge in [-0.25, -0.2) is 9.59 Å². The second-order valence-electron chi connectivity index (χ2n) is 8.37. The Morgan fingerprint density at radius 2 is 1.45 bits per heavy atom. The molecule has 29 heavy (non-hydrogen) atoms. The zero-order valence-corrected chi connectivity index (χ0v) is 17.9. The lowest BCUT2D eigenvalue weighted by Crippen LogP contribution is -2.68. The van der Waals surface area contributed by atoms with Crippen molar-refractivity contribution in [2.24, 2.45) is 0 Å². The average molecular weight is 414 g/mol. The molecule has 0 spiro atoms. The van der Waals surface area contributed by atoms with Crippen molar-refractivity contribution >= 4 is 30.8 Å². The Morgan fingerprint density at radius 3 is 1.83 bits per heavy atom. The highest BCUT2D eigenvalue weighted by molar-refractivity contribution is 6.99. The fraction of sp³-hybridized carbons (Fsp3) is 0.364. The van der Waals surface area contributed by atoms with Crippen LogP contribution in [0.1, 0.15) is 27.2 Å². The van der Waals surface area contributed by atoms with Crippen molar-refractivity contribution in [3.8, 4) is 0 Å². The van der Waals surface area contributed by atoms with Crippen LogP contribution in [0, 0.1) is 0 Å². The van der Waals surface area contributed by atoms with Gasteiger partial charge in [0.2, 0.25) is 0 Å².